The highest BCUT2D eigenvalue weighted by atomic mass is 16.2. The monoisotopic (exact) mass is 388 g/mol. The maximum absolute atomic E-state index is 12.9. The van der Waals surface area contributed by atoms with Crippen LogP contribution in [0.4, 0.5) is 11.4 Å². The number of aromatic nitrogens is 1. The Bertz CT molecular complexity index is 979. The lowest BCUT2D eigenvalue weighted by Gasteiger charge is -2.12. The fourth-order valence-electron chi connectivity index (χ4n) is 3.36. The van der Waals surface area contributed by atoms with E-state index in [1.807, 2.05) is 64.1 Å². The van der Waals surface area contributed by atoms with Crippen LogP contribution in [0.15, 0.2) is 54.9 Å². The van der Waals surface area contributed by atoms with Crippen LogP contribution in [0.2, 0.25) is 0 Å². The number of pyridine rings is 1. The van der Waals surface area contributed by atoms with Gasteiger partial charge in [-0.15, -0.1) is 0 Å². The van der Waals surface area contributed by atoms with Gasteiger partial charge in [0, 0.05) is 11.4 Å². The third kappa shape index (κ3) is 4.51. The molecule has 0 saturated carbocycles. The lowest BCUT2D eigenvalue weighted by molar-refractivity contribution is -0.671. The molecular formula is C24H26N3O2+. The number of carbonyl (C=O) groups is 2. The minimum absolute atomic E-state index is 0.250. The summed E-state index contributed by atoms with van der Waals surface area (Å²) in [6, 6.07) is 13.4. The van der Waals surface area contributed by atoms with Crippen molar-refractivity contribution in [3.63, 3.8) is 0 Å². The van der Waals surface area contributed by atoms with Crippen molar-refractivity contribution in [2.75, 3.05) is 10.6 Å². The van der Waals surface area contributed by atoms with Crippen LogP contribution in [0.3, 0.4) is 0 Å². The molecule has 0 aliphatic rings. The Morgan fingerprint density at radius 3 is 1.38 bits per heavy atom. The molecule has 2 N–H and O–H groups in total. The maximum Gasteiger partial charge on any atom is 0.261 e. The Labute approximate surface area is 171 Å². The van der Waals surface area contributed by atoms with Crippen LogP contribution in [0, 0.1) is 27.7 Å². The zero-order valence-electron chi connectivity index (χ0n) is 17.5. The normalized spacial score (nSPS) is 10.5. The van der Waals surface area contributed by atoms with Crippen molar-refractivity contribution in [3.8, 4) is 0 Å². The summed E-state index contributed by atoms with van der Waals surface area (Å²) in [4.78, 5) is 25.7. The van der Waals surface area contributed by atoms with Crippen molar-refractivity contribution < 1.29 is 14.2 Å². The van der Waals surface area contributed by atoms with Gasteiger partial charge in [-0.1, -0.05) is 36.4 Å². The largest absolute Gasteiger partial charge is 0.321 e. The van der Waals surface area contributed by atoms with Crippen molar-refractivity contribution >= 4 is 23.2 Å². The van der Waals surface area contributed by atoms with Gasteiger partial charge in [0.25, 0.3) is 11.8 Å². The molecule has 2 aromatic carbocycles. The Balaban J connectivity index is 1.88. The number of aryl methyl sites for hydroxylation is 5. The summed E-state index contributed by atoms with van der Waals surface area (Å²) in [6.07, 6.45) is 3.41. The summed E-state index contributed by atoms with van der Waals surface area (Å²) >= 11 is 0. The molecule has 1 aromatic heterocycles. The van der Waals surface area contributed by atoms with Gasteiger partial charge in [0.05, 0.1) is 0 Å². The summed E-state index contributed by atoms with van der Waals surface area (Å²) in [5.74, 6) is -0.501. The van der Waals surface area contributed by atoms with Gasteiger partial charge in [0.15, 0.2) is 12.4 Å². The average Bonchev–Trinajstić information content (AvgIpc) is 2.67. The van der Waals surface area contributed by atoms with E-state index in [0.29, 0.717) is 11.1 Å². The minimum atomic E-state index is -0.250. The third-order valence-electron chi connectivity index (χ3n) is 4.96. The van der Waals surface area contributed by atoms with E-state index in [1.54, 1.807) is 30.1 Å². The van der Waals surface area contributed by atoms with E-state index < -0.39 is 0 Å². The summed E-state index contributed by atoms with van der Waals surface area (Å²) in [6.45, 7) is 7.82. The summed E-state index contributed by atoms with van der Waals surface area (Å²) in [5.41, 5.74) is 6.40. The highest BCUT2D eigenvalue weighted by molar-refractivity contribution is 6.08. The third-order valence-corrected chi connectivity index (χ3v) is 4.96. The summed E-state index contributed by atoms with van der Waals surface area (Å²) in [5, 5.41) is 5.94. The van der Waals surface area contributed by atoms with Crippen LogP contribution in [-0.4, -0.2) is 11.8 Å². The summed E-state index contributed by atoms with van der Waals surface area (Å²) < 4.78 is 1.72. The van der Waals surface area contributed by atoms with Crippen molar-refractivity contribution in [1.82, 2.24) is 0 Å². The average molecular weight is 388 g/mol. The standard InChI is InChI=1S/C24H25N3O2/c1-15-8-6-9-16(2)21(15)25-23(28)19-12-20(14-27(5)13-19)24(29)26-22-17(3)10-7-11-18(22)4/h6-14H,1-5H3,(H-,25,26,28,29)/p+1. The molecule has 3 rings (SSSR count). The minimum Gasteiger partial charge on any atom is -0.321 e. The Morgan fingerprint density at radius 1 is 0.690 bits per heavy atom. The molecule has 0 aliphatic carbocycles. The smallest absolute Gasteiger partial charge is 0.261 e. The molecule has 0 saturated heterocycles. The van der Waals surface area contributed by atoms with Gasteiger partial charge in [-0.3, -0.25) is 9.59 Å². The Morgan fingerprint density at radius 2 is 1.03 bits per heavy atom. The lowest BCUT2D eigenvalue weighted by atomic mass is 10.1. The predicted molar refractivity (Wildman–Crippen MR) is 115 cm³/mol. The van der Waals surface area contributed by atoms with Gasteiger partial charge < -0.3 is 10.6 Å². The second-order valence-corrected chi connectivity index (χ2v) is 7.42. The van der Waals surface area contributed by atoms with E-state index in [0.717, 1.165) is 33.6 Å². The van der Waals surface area contributed by atoms with Gasteiger partial charge in [-0.25, -0.2) is 4.57 Å². The number of nitrogens with zero attached hydrogens (tertiary/aromatic N) is 1. The van der Waals surface area contributed by atoms with E-state index >= 15 is 0 Å². The SMILES string of the molecule is Cc1cccc(C)c1NC(=O)c1cc(C(=O)Nc2c(C)cccc2C)c[n+](C)c1. The van der Waals surface area contributed by atoms with Gasteiger partial charge in [-0.2, -0.15) is 0 Å². The first kappa shape index (κ1) is 20.3. The number of amides is 2. The zero-order chi connectivity index (χ0) is 21.1. The van der Waals surface area contributed by atoms with Gasteiger partial charge in [-0.05, 0) is 56.0 Å². The van der Waals surface area contributed by atoms with Crippen molar-refractivity contribution in [2.24, 2.45) is 7.05 Å². The van der Waals surface area contributed by atoms with Crippen LogP contribution in [0.25, 0.3) is 0 Å². The molecular weight excluding hydrogens is 362 g/mol. The second-order valence-electron chi connectivity index (χ2n) is 7.42. The molecule has 0 bridgehead atoms. The summed E-state index contributed by atoms with van der Waals surface area (Å²) in [7, 11) is 1.80. The number of benzene rings is 2. The van der Waals surface area contributed by atoms with E-state index in [2.05, 4.69) is 10.6 Å². The molecule has 1 heterocycles. The Hall–Kier alpha value is -3.47. The highest BCUT2D eigenvalue weighted by Gasteiger charge is 2.18. The lowest BCUT2D eigenvalue weighted by Crippen LogP contribution is -2.32. The maximum atomic E-state index is 12.9. The molecule has 0 spiro atoms. The topological polar surface area (TPSA) is 62.1 Å². The fourth-order valence-corrected chi connectivity index (χ4v) is 3.36. The highest BCUT2D eigenvalue weighted by Crippen LogP contribution is 2.22. The molecule has 2 amide bonds. The van der Waals surface area contributed by atoms with E-state index in [1.165, 1.54) is 0 Å². The number of carbonyl (C=O) groups excluding carboxylic acids is 2. The number of para-hydroxylation sites is 2. The van der Waals surface area contributed by atoms with E-state index in [-0.39, 0.29) is 11.8 Å². The van der Waals surface area contributed by atoms with Crippen LogP contribution >= 0.6 is 0 Å². The van der Waals surface area contributed by atoms with Gasteiger partial charge >= 0.3 is 0 Å². The first-order chi connectivity index (χ1) is 13.8. The van der Waals surface area contributed by atoms with Crippen LogP contribution in [0.1, 0.15) is 43.0 Å². The molecule has 5 nitrogen and oxygen atoms in total. The molecule has 0 aliphatic heterocycles. The number of anilines is 2. The molecule has 29 heavy (non-hydrogen) atoms. The molecule has 3 aromatic rings. The molecule has 0 atom stereocenters. The van der Waals surface area contributed by atoms with Crippen molar-refractivity contribution in [1.29, 1.82) is 0 Å². The van der Waals surface area contributed by atoms with Crippen LogP contribution in [0.5, 0.6) is 0 Å². The van der Waals surface area contributed by atoms with Gasteiger partial charge in [0.1, 0.15) is 18.2 Å². The Kier molecular flexibility index (Phi) is 5.78. The van der Waals surface area contributed by atoms with Crippen LogP contribution in [-0.2, 0) is 7.05 Å². The van der Waals surface area contributed by atoms with E-state index in [4.69, 9.17) is 0 Å². The molecule has 0 unspecified atom stereocenters. The van der Waals surface area contributed by atoms with Crippen molar-refractivity contribution in [3.05, 3.63) is 88.2 Å². The van der Waals surface area contributed by atoms with Gasteiger partial charge in [0.2, 0.25) is 0 Å². The van der Waals surface area contributed by atoms with E-state index in [9.17, 15) is 9.59 Å². The second kappa shape index (κ2) is 8.27. The quantitative estimate of drug-likeness (QED) is 0.657. The molecule has 0 fully saturated rings. The van der Waals surface area contributed by atoms with Crippen molar-refractivity contribution in [2.45, 2.75) is 27.7 Å². The number of nitrogens with one attached hydrogen (secondary N) is 2. The number of hydrogen-bond donors (Lipinski definition) is 2. The van der Waals surface area contributed by atoms with Crippen LogP contribution < -0.4 is 15.2 Å². The first-order valence-corrected chi connectivity index (χ1v) is 9.51. The molecule has 0 radical (unpaired) electrons. The number of hydrogen-bond acceptors (Lipinski definition) is 2. The molecule has 5 heteroatoms. The molecule has 148 valence electrons. The number of rotatable bonds is 4. The zero-order valence-corrected chi connectivity index (χ0v) is 17.5. The predicted octanol–water partition coefficient (Wildman–Crippen LogP) is 4.25. The first-order valence-electron chi connectivity index (χ1n) is 9.51. The fraction of sp³-hybridized carbons (Fsp3) is 0.208.